The molecule has 0 spiro atoms. The van der Waals surface area contributed by atoms with Gasteiger partial charge in [-0.25, -0.2) is 13.1 Å². The quantitative estimate of drug-likeness (QED) is 0.371. The molecule has 2 aromatic heterocycles. The van der Waals surface area contributed by atoms with Crippen LogP contribution in [0.15, 0.2) is 77.0 Å². The van der Waals surface area contributed by atoms with Crippen molar-refractivity contribution in [3.05, 3.63) is 88.9 Å². The highest BCUT2D eigenvalue weighted by atomic mass is 32.2. The molecule has 2 aromatic carbocycles. The zero-order valence-electron chi connectivity index (χ0n) is 16.3. The Morgan fingerprint density at radius 1 is 1.00 bits per heavy atom. The van der Waals surface area contributed by atoms with Crippen LogP contribution in [0, 0.1) is 6.92 Å². The van der Waals surface area contributed by atoms with Crippen molar-refractivity contribution in [3.8, 4) is 16.3 Å². The number of alkyl halides is 3. The lowest BCUT2D eigenvalue weighted by Crippen LogP contribution is -2.11. The van der Waals surface area contributed by atoms with E-state index in [0.29, 0.717) is 11.4 Å². The molecule has 0 aliphatic carbocycles. The minimum absolute atomic E-state index is 0.171. The van der Waals surface area contributed by atoms with E-state index in [1.54, 1.807) is 10.7 Å². The van der Waals surface area contributed by atoms with Crippen molar-refractivity contribution in [1.29, 1.82) is 0 Å². The number of aromatic nitrogens is 2. The van der Waals surface area contributed by atoms with E-state index >= 15 is 0 Å². The summed E-state index contributed by atoms with van der Waals surface area (Å²) in [5, 5.41) is 6.53. The summed E-state index contributed by atoms with van der Waals surface area (Å²) in [4.78, 5) is 0.719. The van der Waals surface area contributed by atoms with Crippen molar-refractivity contribution in [2.24, 2.45) is 0 Å². The second-order valence-electron chi connectivity index (χ2n) is 6.98. The summed E-state index contributed by atoms with van der Waals surface area (Å²) in [7, 11) is -3.90. The SMILES string of the molecule is Cc1ccccc1-n1nc(-c2cccs2)cc1CS(=O)(=O)c1ccc(C(F)(F)F)cc1. The van der Waals surface area contributed by atoms with E-state index in [-0.39, 0.29) is 4.90 Å². The van der Waals surface area contributed by atoms with Crippen LogP contribution in [-0.4, -0.2) is 18.2 Å². The third-order valence-corrected chi connectivity index (χ3v) is 7.34. The number of nitrogens with zero attached hydrogens (tertiary/aromatic N) is 2. The van der Waals surface area contributed by atoms with E-state index in [1.165, 1.54) is 11.3 Å². The second kappa shape index (κ2) is 7.97. The van der Waals surface area contributed by atoms with Gasteiger partial charge in [-0.2, -0.15) is 18.3 Å². The predicted octanol–water partition coefficient (Wildman–Crippen LogP) is 5.90. The van der Waals surface area contributed by atoms with Gasteiger partial charge in [0.05, 0.1) is 32.5 Å². The first kappa shape index (κ1) is 21.3. The van der Waals surface area contributed by atoms with Gasteiger partial charge in [0, 0.05) is 0 Å². The molecule has 4 nitrogen and oxygen atoms in total. The Balaban J connectivity index is 1.76. The Hall–Kier alpha value is -2.91. The highest BCUT2D eigenvalue weighted by molar-refractivity contribution is 7.90. The second-order valence-corrected chi connectivity index (χ2v) is 9.91. The van der Waals surface area contributed by atoms with Crippen LogP contribution in [0.5, 0.6) is 0 Å². The molecule has 0 aliphatic heterocycles. The smallest absolute Gasteiger partial charge is 0.236 e. The predicted molar refractivity (Wildman–Crippen MR) is 114 cm³/mol. The number of halogens is 3. The molecular weight excluding hydrogens is 445 g/mol. The van der Waals surface area contributed by atoms with Gasteiger partial charge in [0.15, 0.2) is 9.84 Å². The molecule has 0 saturated carbocycles. The van der Waals surface area contributed by atoms with E-state index < -0.39 is 27.3 Å². The topological polar surface area (TPSA) is 52.0 Å². The van der Waals surface area contributed by atoms with E-state index in [4.69, 9.17) is 0 Å². The molecule has 0 N–H and O–H groups in total. The van der Waals surface area contributed by atoms with Crippen LogP contribution in [-0.2, 0) is 21.8 Å². The molecule has 160 valence electrons. The Labute approximate surface area is 181 Å². The third kappa shape index (κ3) is 4.42. The van der Waals surface area contributed by atoms with E-state index in [0.717, 1.165) is 40.4 Å². The van der Waals surface area contributed by atoms with Crippen LogP contribution in [0.2, 0.25) is 0 Å². The molecule has 2 heterocycles. The normalized spacial score (nSPS) is 12.3. The van der Waals surface area contributed by atoms with E-state index in [9.17, 15) is 21.6 Å². The summed E-state index contributed by atoms with van der Waals surface area (Å²) in [5.41, 5.74) is 1.82. The first-order chi connectivity index (χ1) is 14.6. The monoisotopic (exact) mass is 462 g/mol. The summed E-state index contributed by atoms with van der Waals surface area (Å²) in [6.45, 7) is 1.90. The van der Waals surface area contributed by atoms with Gasteiger partial charge in [0.25, 0.3) is 0 Å². The Kier molecular flexibility index (Phi) is 5.49. The molecule has 4 aromatic rings. The Bertz CT molecular complexity index is 1310. The molecule has 9 heteroatoms. The molecule has 31 heavy (non-hydrogen) atoms. The molecule has 0 fully saturated rings. The van der Waals surface area contributed by atoms with Crippen molar-refractivity contribution in [1.82, 2.24) is 9.78 Å². The molecule has 0 unspecified atom stereocenters. The number of sulfone groups is 1. The maximum atomic E-state index is 13.0. The van der Waals surface area contributed by atoms with Crippen LogP contribution >= 0.6 is 11.3 Å². The average molecular weight is 463 g/mol. The van der Waals surface area contributed by atoms with Crippen LogP contribution in [0.25, 0.3) is 16.3 Å². The molecular formula is C22H17F3N2O2S2. The zero-order chi connectivity index (χ0) is 22.2. The van der Waals surface area contributed by atoms with Crippen LogP contribution in [0.3, 0.4) is 0 Å². The lowest BCUT2D eigenvalue weighted by molar-refractivity contribution is -0.137. The van der Waals surface area contributed by atoms with Gasteiger partial charge in [0.1, 0.15) is 5.69 Å². The minimum atomic E-state index is -4.53. The number of aryl methyl sites for hydroxylation is 1. The minimum Gasteiger partial charge on any atom is -0.236 e. The molecule has 0 radical (unpaired) electrons. The average Bonchev–Trinajstić information content (AvgIpc) is 3.38. The van der Waals surface area contributed by atoms with Gasteiger partial charge in [0.2, 0.25) is 0 Å². The largest absolute Gasteiger partial charge is 0.416 e. The van der Waals surface area contributed by atoms with Crippen molar-refractivity contribution >= 4 is 21.2 Å². The summed E-state index contributed by atoms with van der Waals surface area (Å²) in [5.74, 6) is -0.398. The maximum Gasteiger partial charge on any atom is 0.416 e. The number of hydrogen-bond acceptors (Lipinski definition) is 4. The van der Waals surface area contributed by atoms with Gasteiger partial charge in [-0.05, 0) is 60.3 Å². The van der Waals surface area contributed by atoms with Crippen molar-refractivity contribution in [2.75, 3.05) is 0 Å². The molecule has 0 bridgehead atoms. The maximum absolute atomic E-state index is 13.0. The molecule has 0 aliphatic rings. The first-order valence-corrected chi connectivity index (χ1v) is 11.8. The van der Waals surface area contributed by atoms with Gasteiger partial charge < -0.3 is 0 Å². The Morgan fingerprint density at radius 3 is 2.32 bits per heavy atom. The summed E-state index contributed by atoms with van der Waals surface area (Å²) < 4.78 is 66.1. The van der Waals surface area contributed by atoms with Crippen molar-refractivity contribution in [2.45, 2.75) is 23.7 Å². The number of para-hydroxylation sites is 1. The van der Waals surface area contributed by atoms with Gasteiger partial charge in [-0.3, -0.25) is 0 Å². The Morgan fingerprint density at radius 2 is 1.71 bits per heavy atom. The van der Waals surface area contributed by atoms with Gasteiger partial charge >= 0.3 is 6.18 Å². The highest BCUT2D eigenvalue weighted by Crippen LogP contribution is 2.31. The number of rotatable bonds is 5. The van der Waals surface area contributed by atoms with Gasteiger partial charge in [-0.1, -0.05) is 24.3 Å². The fraction of sp³-hybridized carbons (Fsp3) is 0.136. The molecule has 4 rings (SSSR count). The summed E-state index contributed by atoms with van der Waals surface area (Å²) in [6.07, 6.45) is -4.53. The third-order valence-electron chi connectivity index (χ3n) is 4.78. The fourth-order valence-electron chi connectivity index (χ4n) is 3.21. The molecule has 0 atom stereocenters. The zero-order valence-corrected chi connectivity index (χ0v) is 17.9. The lowest BCUT2D eigenvalue weighted by Gasteiger charge is -2.11. The lowest BCUT2D eigenvalue weighted by atomic mass is 10.2. The van der Waals surface area contributed by atoms with Crippen molar-refractivity contribution in [3.63, 3.8) is 0 Å². The summed E-state index contributed by atoms with van der Waals surface area (Å²) in [6, 6.07) is 16.5. The van der Waals surface area contributed by atoms with E-state index in [1.807, 2.05) is 48.7 Å². The summed E-state index contributed by atoms with van der Waals surface area (Å²) >= 11 is 1.48. The van der Waals surface area contributed by atoms with Crippen LogP contribution in [0.1, 0.15) is 16.8 Å². The number of thiophene rings is 1. The molecule has 0 amide bonds. The van der Waals surface area contributed by atoms with Crippen molar-refractivity contribution < 1.29 is 21.6 Å². The van der Waals surface area contributed by atoms with Gasteiger partial charge in [-0.15, -0.1) is 11.3 Å². The van der Waals surface area contributed by atoms with E-state index in [2.05, 4.69) is 5.10 Å². The standard InChI is InChI=1S/C22H17F3N2O2S2/c1-15-5-2-3-6-20(15)27-17(13-19(26-27)21-7-4-12-30-21)14-31(28,29)18-10-8-16(9-11-18)22(23,24)25/h2-13H,14H2,1H3. The number of hydrogen-bond donors (Lipinski definition) is 0. The number of benzene rings is 2. The first-order valence-electron chi connectivity index (χ1n) is 9.24. The van der Waals surface area contributed by atoms with Crippen LogP contribution < -0.4 is 0 Å². The van der Waals surface area contributed by atoms with Crippen LogP contribution in [0.4, 0.5) is 13.2 Å². The highest BCUT2D eigenvalue weighted by Gasteiger charge is 2.31. The molecule has 0 saturated heterocycles. The fourth-order valence-corrected chi connectivity index (χ4v) is 5.20.